The van der Waals surface area contributed by atoms with E-state index in [0.717, 1.165) is 37.1 Å². The average molecular weight is 414 g/mol. The number of carbonyl (C=O) groups excluding carboxylic acids is 1. The van der Waals surface area contributed by atoms with E-state index in [4.69, 9.17) is 11.6 Å². The first-order valence-electron chi connectivity index (χ1n) is 8.63. The summed E-state index contributed by atoms with van der Waals surface area (Å²) in [5.41, 5.74) is 1.18. The van der Waals surface area contributed by atoms with Crippen LogP contribution >= 0.6 is 24.0 Å². The fraction of sp³-hybridized carbons (Fsp3) is 0.368. The van der Waals surface area contributed by atoms with Crippen LogP contribution < -0.4 is 10.6 Å². The molecule has 0 atom stereocenters. The fourth-order valence-corrected chi connectivity index (χ4v) is 3.33. The lowest BCUT2D eigenvalue weighted by Crippen LogP contribution is -2.40. The molecule has 2 aromatic rings. The Balaban J connectivity index is 0.00000261. The Kier molecular flexibility index (Phi) is 7.83. The number of aromatic nitrogens is 1. The third-order valence-electron chi connectivity index (χ3n) is 4.60. The molecule has 5 nitrogen and oxygen atoms in total. The van der Waals surface area contributed by atoms with Gasteiger partial charge in [-0.25, -0.2) is 9.37 Å². The number of hydrogen-bond acceptors (Lipinski definition) is 4. The van der Waals surface area contributed by atoms with Crippen molar-refractivity contribution in [2.45, 2.75) is 44.4 Å². The van der Waals surface area contributed by atoms with Gasteiger partial charge in [-0.05, 0) is 61.6 Å². The molecule has 1 heterocycles. The number of nitrogens with one attached hydrogen (secondary N) is 2. The van der Waals surface area contributed by atoms with E-state index in [1.54, 1.807) is 12.3 Å². The molecule has 1 aromatic heterocycles. The molecule has 0 aliphatic heterocycles. The van der Waals surface area contributed by atoms with Gasteiger partial charge >= 0.3 is 0 Å². The normalized spacial score (nSPS) is 19.1. The van der Waals surface area contributed by atoms with E-state index < -0.39 is 5.82 Å². The van der Waals surface area contributed by atoms with Crippen molar-refractivity contribution in [3.63, 3.8) is 0 Å². The van der Waals surface area contributed by atoms with Gasteiger partial charge in [0, 0.05) is 23.8 Å². The number of anilines is 1. The highest BCUT2D eigenvalue weighted by molar-refractivity contribution is 6.31. The predicted molar refractivity (Wildman–Crippen MR) is 106 cm³/mol. The van der Waals surface area contributed by atoms with Gasteiger partial charge in [-0.3, -0.25) is 4.79 Å². The van der Waals surface area contributed by atoms with Crippen molar-refractivity contribution in [2.24, 2.45) is 0 Å². The van der Waals surface area contributed by atoms with E-state index in [-0.39, 0.29) is 42.0 Å². The smallest absolute Gasteiger partial charge is 0.251 e. The molecule has 3 rings (SSSR count). The Morgan fingerprint density at radius 1 is 1.19 bits per heavy atom. The van der Waals surface area contributed by atoms with Gasteiger partial charge in [-0.1, -0.05) is 11.6 Å². The Hall–Kier alpha value is -1.89. The van der Waals surface area contributed by atoms with Crippen molar-refractivity contribution in [3.8, 4) is 0 Å². The van der Waals surface area contributed by atoms with Crippen LogP contribution in [0.25, 0.3) is 0 Å². The van der Waals surface area contributed by atoms with Crippen LogP contribution in [-0.4, -0.2) is 28.1 Å². The van der Waals surface area contributed by atoms with E-state index in [0.29, 0.717) is 5.56 Å². The van der Waals surface area contributed by atoms with Crippen LogP contribution in [0, 0.1) is 5.82 Å². The minimum Gasteiger partial charge on any atom is -0.392 e. The highest BCUT2D eigenvalue weighted by atomic mass is 35.5. The number of aliphatic hydroxyl groups excluding tert-OH is 1. The SMILES string of the molecule is Cl.O=C(NC1CCC(Nc2cc(CO)ccn2)CC1)c1ccc(F)c(Cl)c1. The molecular formula is C19H22Cl2FN3O2. The maximum absolute atomic E-state index is 13.2. The van der Waals surface area contributed by atoms with Crippen molar-refractivity contribution in [1.82, 2.24) is 10.3 Å². The van der Waals surface area contributed by atoms with E-state index in [1.165, 1.54) is 18.2 Å². The fourth-order valence-electron chi connectivity index (χ4n) is 3.15. The largest absolute Gasteiger partial charge is 0.392 e. The number of amides is 1. The maximum Gasteiger partial charge on any atom is 0.251 e. The van der Waals surface area contributed by atoms with Gasteiger partial charge in [0.25, 0.3) is 5.91 Å². The first-order chi connectivity index (χ1) is 12.5. The van der Waals surface area contributed by atoms with E-state index in [2.05, 4.69) is 15.6 Å². The molecule has 1 fully saturated rings. The standard InChI is InChI=1S/C19H21ClFN3O2.ClH/c20-16-10-13(1-6-17(16)21)19(26)24-15-4-2-14(3-5-15)23-18-9-12(11-25)7-8-22-18;/h1,6-10,14-15,25H,2-5,11H2,(H,22,23)(H,24,26);1H. The summed E-state index contributed by atoms with van der Waals surface area (Å²) in [6, 6.07) is 7.96. The molecule has 8 heteroatoms. The minimum atomic E-state index is -0.534. The number of hydrogen-bond donors (Lipinski definition) is 3. The summed E-state index contributed by atoms with van der Waals surface area (Å²) < 4.78 is 13.2. The first-order valence-corrected chi connectivity index (χ1v) is 9.01. The average Bonchev–Trinajstić information content (AvgIpc) is 2.65. The molecule has 0 spiro atoms. The predicted octanol–water partition coefficient (Wildman–Crippen LogP) is 3.94. The van der Waals surface area contributed by atoms with E-state index in [9.17, 15) is 14.3 Å². The van der Waals surface area contributed by atoms with Crippen LogP contribution in [0.4, 0.5) is 10.2 Å². The lowest BCUT2D eigenvalue weighted by molar-refractivity contribution is 0.0926. The van der Waals surface area contributed by atoms with Crippen molar-refractivity contribution >= 4 is 35.7 Å². The van der Waals surface area contributed by atoms with Crippen LogP contribution in [-0.2, 0) is 6.61 Å². The first kappa shape index (κ1) is 21.4. The zero-order chi connectivity index (χ0) is 18.5. The van der Waals surface area contributed by atoms with Gasteiger partial charge in [0.2, 0.25) is 0 Å². The number of pyridine rings is 1. The summed E-state index contributed by atoms with van der Waals surface area (Å²) in [5, 5.41) is 15.5. The zero-order valence-corrected chi connectivity index (χ0v) is 16.2. The summed E-state index contributed by atoms with van der Waals surface area (Å²) in [6.45, 7) is -0.0105. The molecule has 1 amide bonds. The molecule has 0 unspecified atom stereocenters. The van der Waals surface area contributed by atoms with Crippen LogP contribution in [0.5, 0.6) is 0 Å². The number of aliphatic hydroxyl groups is 1. The third kappa shape index (κ3) is 5.79. The number of benzene rings is 1. The quantitative estimate of drug-likeness (QED) is 0.693. The molecule has 1 aliphatic rings. The molecule has 3 N–H and O–H groups in total. The summed E-state index contributed by atoms with van der Waals surface area (Å²) in [5.74, 6) is -0.0145. The summed E-state index contributed by atoms with van der Waals surface area (Å²) in [4.78, 5) is 16.5. The highest BCUT2D eigenvalue weighted by Crippen LogP contribution is 2.23. The lowest BCUT2D eigenvalue weighted by atomic mass is 9.91. The van der Waals surface area contributed by atoms with Gasteiger partial charge in [-0.2, -0.15) is 0 Å². The van der Waals surface area contributed by atoms with Gasteiger partial charge < -0.3 is 15.7 Å². The van der Waals surface area contributed by atoms with Gasteiger partial charge in [0.15, 0.2) is 0 Å². The summed E-state index contributed by atoms with van der Waals surface area (Å²) in [7, 11) is 0. The lowest BCUT2D eigenvalue weighted by Gasteiger charge is -2.30. The molecule has 0 radical (unpaired) electrons. The van der Waals surface area contributed by atoms with Crippen molar-refractivity contribution in [1.29, 1.82) is 0 Å². The Morgan fingerprint density at radius 2 is 1.89 bits per heavy atom. The molecule has 1 saturated carbocycles. The second-order valence-electron chi connectivity index (χ2n) is 6.50. The third-order valence-corrected chi connectivity index (χ3v) is 4.89. The van der Waals surface area contributed by atoms with Crippen LogP contribution in [0.3, 0.4) is 0 Å². The van der Waals surface area contributed by atoms with E-state index in [1.807, 2.05) is 6.07 Å². The Labute approximate surface area is 168 Å². The highest BCUT2D eigenvalue weighted by Gasteiger charge is 2.23. The molecule has 146 valence electrons. The van der Waals surface area contributed by atoms with Gasteiger partial charge in [0.05, 0.1) is 11.6 Å². The maximum atomic E-state index is 13.2. The molecule has 0 saturated heterocycles. The molecule has 1 aromatic carbocycles. The Bertz CT molecular complexity index is 783. The van der Waals surface area contributed by atoms with Crippen LogP contribution in [0.2, 0.25) is 5.02 Å². The van der Waals surface area contributed by atoms with Crippen LogP contribution in [0.1, 0.15) is 41.6 Å². The second-order valence-corrected chi connectivity index (χ2v) is 6.91. The van der Waals surface area contributed by atoms with Crippen molar-refractivity contribution < 1.29 is 14.3 Å². The Morgan fingerprint density at radius 3 is 2.56 bits per heavy atom. The molecule has 1 aliphatic carbocycles. The molecular weight excluding hydrogens is 392 g/mol. The minimum absolute atomic E-state index is 0. The summed E-state index contributed by atoms with van der Waals surface area (Å²) >= 11 is 5.73. The topological polar surface area (TPSA) is 74.2 Å². The summed E-state index contributed by atoms with van der Waals surface area (Å²) in [6.07, 6.45) is 5.17. The number of halogens is 3. The molecule has 27 heavy (non-hydrogen) atoms. The van der Waals surface area contributed by atoms with Crippen molar-refractivity contribution in [2.75, 3.05) is 5.32 Å². The second kappa shape index (κ2) is 9.88. The van der Waals surface area contributed by atoms with E-state index >= 15 is 0 Å². The van der Waals surface area contributed by atoms with Gasteiger partial charge in [0.1, 0.15) is 11.6 Å². The number of carbonyl (C=O) groups is 1. The van der Waals surface area contributed by atoms with Crippen molar-refractivity contribution in [3.05, 3.63) is 58.5 Å². The number of rotatable bonds is 5. The number of nitrogens with zero attached hydrogens (tertiary/aromatic N) is 1. The monoisotopic (exact) mass is 413 g/mol. The molecule has 0 bridgehead atoms. The van der Waals surface area contributed by atoms with Crippen LogP contribution in [0.15, 0.2) is 36.5 Å². The van der Waals surface area contributed by atoms with Gasteiger partial charge in [-0.15, -0.1) is 12.4 Å². The zero-order valence-electron chi connectivity index (χ0n) is 14.6.